The van der Waals surface area contributed by atoms with Crippen LogP contribution < -0.4 is 5.32 Å². The number of amides is 1. The van der Waals surface area contributed by atoms with Crippen LogP contribution in [0.15, 0.2) is 89.8 Å². The highest BCUT2D eigenvalue weighted by molar-refractivity contribution is 7.89. The summed E-state index contributed by atoms with van der Waals surface area (Å²) in [6.45, 7) is 1.72. The molecule has 5 nitrogen and oxygen atoms in total. The van der Waals surface area contributed by atoms with Crippen LogP contribution in [0.25, 0.3) is 0 Å². The molecule has 150 valence electrons. The van der Waals surface area contributed by atoms with E-state index in [0.29, 0.717) is 0 Å². The molecule has 1 atom stereocenters. The molecular weight excluding hydrogens is 384 g/mol. The maximum Gasteiger partial charge on any atom is 0.243 e. The van der Waals surface area contributed by atoms with Crippen molar-refractivity contribution in [1.29, 1.82) is 0 Å². The van der Waals surface area contributed by atoms with Crippen molar-refractivity contribution in [2.24, 2.45) is 0 Å². The Kier molecular flexibility index (Phi) is 6.46. The van der Waals surface area contributed by atoms with Crippen LogP contribution in [0.3, 0.4) is 0 Å². The summed E-state index contributed by atoms with van der Waals surface area (Å²) in [7, 11) is -2.32. The van der Waals surface area contributed by atoms with Gasteiger partial charge < -0.3 is 5.32 Å². The fourth-order valence-electron chi connectivity index (χ4n) is 3.16. The predicted molar refractivity (Wildman–Crippen MR) is 114 cm³/mol. The quantitative estimate of drug-likeness (QED) is 0.650. The minimum atomic E-state index is -3.73. The number of aryl methyl sites for hydroxylation is 1. The number of hydrogen-bond donors (Lipinski definition) is 1. The van der Waals surface area contributed by atoms with Crippen molar-refractivity contribution >= 4 is 15.9 Å². The van der Waals surface area contributed by atoms with Gasteiger partial charge in [0.05, 0.1) is 17.5 Å². The maximum absolute atomic E-state index is 12.8. The van der Waals surface area contributed by atoms with E-state index in [0.717, 1.165) is 21.0 Å². The number of sulfonamides is 1. The molecule has 0 radical (unpaired) electrons. The highest BCUT2D eigenvalue weighted by atomic mass is 32.2. The summed E-state index contributed by atoms with van der Waals surface area (Å²) in [5.74, 6) is -0.371. The van der Waals surface area contributed by atoms with E-state index in [1.165, 1.54) is 19.2 Å². The average Bonchev–Trinajstić information content (AvgIpc) is 2.74. The molecule has 3 aromatic rings. The summed E-state index contributed by atoms with van der Waals surface area (Å²) in [6.07, 6.45) is 0. The molecule has 3 aromatic carbocycles. The Bertz CT molecular complexity index is 1070. The van der Waals surface area contributed by atoms with E-state index in [-0.39, 0.29) is 23.4 Å². The summed E-state index contributed by atoms with van der Waals surface area (Å²) in [5, 5.41) is 3.00. The molecule has 0 saturated heterocycles. The summed E-state index contributed by atoms with van der Waals surface area (Å²) in [5.41, 5.74) is 2.95. The smallest absolute Gasteiger partial charge is 0.243 e. The number of hydrogen-bond acceptors (Lipinski definition) is 3. The lowest BCUT2D eigenvalue weighted by Crippen LogP contribution is -2.40. The summed E-state index contributed by atoms with van der Waals surface area (Å²) in [4.78, 5) is 12.9. The minimum Gasteiger partial charge on any atom is -0.344 e. The second-order valence-corrected chi connectivity index (χ2v) is 8.89. The van der Waals surface area contributed by atoms with E-state index in [9.17, 15) is 13.2 Å². The molecule has 1 amide bonds. The standard InChI is InChI=1S/C23H24N2O3S/c1-18-11-9-10-16-21(18)23(19-12-5-3-6-13-19)24-22(26)17-25(2)29(27,28)20-14-7-4-8-15-20/h3-16,23H,17H2,1-2H3,(H,24,26). The van der Waals surface area contributed by atoms with Crippen LogP contribution >= 0.6 is 0 Å². The van der Waals surface area contributed by atoms with E-state index in [1.807, 2.05) is 61.5 Å². The molecule has 29 heavy (non-hydrogen) atoms. The molecule has 0 saturated carbocycles. The van der Waals surface area contributed by atoms with Crippen LogP contribution in [0.2, 0.25) is 0 Å². The number of nitrogens with one attached hydrogen (secondary N) is 1. The number of likely N-dealkylation sites (N-methyl/N-ethyl adjacent to an activating group) is 1. The molecule has 0 aliphatic carbocycles. The normalized spacial score (nSPS) is 12.5. The van der Waals surface area contributed by atoms with Crippen molar-refractivity contribution in [1.82, 2.24) is 9.62 Å². The lowest BCUT2D eigenvalue weighted by Gasteiger charge is -2.23. The fraction of sp³-hybridized carbons (Fsp3) is 0.174. The minimum absolute atomic E-state index is 0.161. The van der Waals surface area contributed by atoms with Crippen LogP contribution in [0, 0.1) is 6.92 Å². The Balaban J connectivity index is 1.81. The number of carbonyl (C=O) groups is 1. The van der Waals surface area contributed by atoms with Crippen molar-refractivity contribution in [2.45, 2.75) is 17.9 Å². The van der Waals surface area contributed by atoms with Crippen LogP contribution in [0.4, 0.5) is 0 Å². The monoisotopic (exact) mass is 408 g/mol. The molecule has 0 aliphatic heterocycles. The van der Waals surface area contributed by atoms with Gasteiger partial charge >= 0.3 is 0 Å². The molecule has 3 rings (SSSR count). The Morgan fingerprint density at radius 3 is 2.07 bits per heavy atom. The van der Waals surface area contributed by atoms with Crippen molar-refractivity contribution in [3.05, 3.63) is 102 Å². The van der Waals surface area contributed by atoms with Gasteiger partial charge in [-0.2, -0.15) is 4.31 Å². The third kappa shape index (κ3) is 4.91. The molecular formula is C23H24N2O3S. The van der Waals surface area contributed by atoms with Gasteiger partial charge in [0.1, 0.15) is 0 Å². The van der Waals surface area contributed by atoms with Gasteiger partial charge in [0.2, 0.25) is 15.9 Å². The fourth-order valence-corrected chi connectivity index (χ4v) is 4.31. The Labute approximate surface area is 172 Å². The van der Waals surface area contributed by atoms with Crippen LogP contribution in [0.1, 0.15) is 22.7 Å². The zero-order valence-electron chi connectivity index (χ0n) is 16.4. The predicted octanol–water partition coefficient (Wildman–Crippen LogP) is 3.52. The summed E-state index contributed by atoms with van der Waals surface area (Å²) >= 11 is 0. The lowest BCUT2D eigenvalue weighted by molar-refractivity contribution is -0.121. The number of benzene rings is 3. The topological polar surface area (TPSA) is 66.5 Å². The van der Waals surface area contributed by atoms with Crippen LogP contribution in [-0.2, 0) is 14.8 Å². The number of carbonyl (C=O) groups excluding carboxylic acids is 1. The molecule has 6 heteroatoms. The largest absolute Gasteiger partial charge is 0.344 e. The molecule has 0 spiro atoms. The molecule has 1 unspecified atom stereocenters. The van der Waals surface area contributed by atoms with Gasteiger partial charge in [-0.15, -0.1) is 0 Å². The van der Waals surface area contributed by atoms with Gasteiger partial charge in [-0.1, -0.05) is 72.8 Å². The Hall–Kier alpha value is -2.96. The first kappa shape index (κ1) is 20.8. The Morgan fingerprint density at radius 2 is 1.45 bits per heavy atom. The van der Waals surface area contributed by atoms with Gasteiger partial charge in [0.15, 0.2) is 0 Å². The second-order valence-electron chi connectivity index (χ2n) is 6.84. The molecule has 0 aliphatic rings. The first-order valence-electron chi connectivity index (χ1n) is 9.31. The SMILES string of the molecule is Cc1ccccc1C(NC(=O)CN(C)S(=O)(=O)c1ccccc1)c1ccccc1. The van der Waals surface area contributed by atoms with E-state index in [2.05, 4.69) is 5.32 Å². The van der Waals surface area contributed by atoms with Gasteiger partial charge in [-0.05, 0) is 35.7 Å². The average molecular weight is 409 g/mol. The molecule has 1 N–H and O–H groups in total. The van der Waals surface area contributed by atoms with Gasteiger partial charge in [0.25, 0.3) is 0 Å². The molecule has 0 heterocycles. The third-order valence-corrected chi connectivity index (χ3v) is 6.57. The Morgan fingerprint density at radius 1 is 0.897 bits per heavy atom. The van der Waals surface area contributed by atoms with E-state index >= 15 is 0 Å². The van der Waals surface area contributed by atoms with Gasteiger partial charge in [-0.25, -0.2) is 8.42 Å². The van der Waals surface area contributed by atoms with E-state index in [4.69, 9.17) is 0 Å². The van der Waals surface area contributed by atoms with Gasteiger partial charge in [-0.3, -0.25) is 4.79 Å². The van der Waals surface area contributed by atoms with E-state index < -0.39 is 10.0 Å². The first-order chi connectivity index (χ1) is 13.9. The third-order valence-electron chi connectivity index (χ3n) is 4.76. The highest BCUT2D eigenvalue weighted by Crippen LogP contribution is 2.25. The van der Waals surface area contributed by atoms with Crippen LogP contribution in [-0.4, -0.2) is 32.2 Å². The zero-order valence-corrected chi connectivity index (χ0v) is 17.3. The van der Waals surface area contributed by atoms with Crippen LogP contribution in [0.5, 0.6) is 0 Å². The number of rotatable bonds is 7. The van der Waals surface area contributed by atoms with E-state index in [1.54, 1.807) is 18.2 Å². The molecule has 0 fully saturated rings. The first-order valence-corrected chi connectivity index (χ1v) is 10.7. The molecule has 0 bridgehead atoms. The van der Waals surface area contributed by atoms with Crippen molar-refractivity contribution < 1.29 is 13.2 Å². The molecule has 0 aromatic heterocycles. The second kappa shape index (κ2) is 9.03. The highest BCUT2D eigenvalue weighted by Gasteiger charge is 2.25. The van der Waals surface area contributed by atoms with Crippen molar-refractivity contribution in [3.8, 4) is 0 Å². The number of nitrogens with zero attached hydrogens (tertiary/aromatic N) is 1. The van der Waals surface area contributed by atoms with Gasteiger partial charge in [0, 0.05) is 7.05 Å². The van der Waals surface area contributed by atoms with Crippen molar-refractivity contribution in [3.63, 3.8) is 0 Å². The summed E-state index contributed by atoms with van der Waals surface area (Å²) in [6, 6.07) is 25.2. The zero-order chi connectivity index (χ0) is 20.9. The van der Waals surface area contributed by atoms with Crippen molar-refractivity contribution in [2.75, 3.05) is 13.6 Å². The summed E-state index contributed by atoms with van der Waals surface area (Å²) < 4.78 is 26.5. The maximum atomic E-state index is 12.8. The lowest BCUT2D eigenvalue weighted by atomic mass is 9.95.